The minimum atomic E-state index is -0.291. The molecule has 2 atom stereocenters. The highest BCUT2D eigenvalue weighted by molar-refractivity contribution is 5.47. The molecular formula is C22H26FN7O. The summed E-state index contributed by atoms with van der Waals surface area (Å²) < 4.78 is 18.1. The molecule has 2 aliphatic rings. The number of fused-ring (bicyclic) bond motifs is 4. The molecular weight excluding hydrogens is 397 g/mol. The first-order valence-corrected chi connectivity index (χ1v) is 10.6. The predicted molar refractivity (Wildman–Crippen MR) is 114 cm³/mol. The summed E-state index contributed by atoms with van der Waals surface area (Å²) >= 11 is 0. The molecule has 0 spiro atoms. The third-order valence-electron chi connectivity index (χ3n) is 6.43. The summed E-state index contributed by atoms with van der Waals surface area (Å²) in [5.74, 6) is 1.11. The highest BCUT2D eigenvalue weighted by atomic mass is 19.1. The molecule has 0 aliphatic carbocycles. The van der Waals surface area contributed by atoms with Gasteiger partial charge < -0.3 is 14.0 Å². The molecule has 9 heteroatoms. The Hall–Kier alpha value is -3.07. The van der Waals surface area contributed by atoms with Gasteiger partial charge in [0.1, 0.15) is 12.2 Å². The van der Waals surface area contributed by atoms with Crippen LogP contribution in [0.2, 0.25) is 0 Å². The Morgan fingerprint density at radius 1 is 1.19 bits per heavy atom. The maximum absolute atomic E-state index is 14.3. The maximum Gasteiger partial charge on any atom is 0.255 e. The van der Waals surface area contributed by atoms with Crippen LogP contribution in [0, 0.1) is 11.7 Å². The van der Waals surface area contributed by atoms with Crippen molar-refractivity contribution in [3.8, 4) is 0 Å². The molecule has 0 unspecified atom stereocenters. The second-order valence-corrected chi connectivity index (χ2v) is 8.76. The fourth-order valence-corrected chi connectivity index (χ4v) is 4.97. The van der Waals surface area contributed by atoms with Crippen LogP contribution in [0.3, 0.4) is 0 Å². The van der Waals surface area contributed by atoms with Crippen LogP contribution in [-0.4, -0.2) is 49.4 Å². The molecule has 0 radical (unpaired) electrons. The van der Waals surface area contributed by atoms with E-state index >= 15 is 0 Å². The molecule has 0 saturated carbocycles. The number of nitrogens with zero attached hydrogens (tertiary/aromatic N) is 7. The second kappa shape index (κ2) is 7.88. The molecule has 2 bridgehead atoms. The number of piperidine rings is 1. The molecule has 3 aromatic rings. The molecule has 1 saturated heterocycles. The molecule has 0 aromatic carbocycles. The molecule has 5 rings (SSSR count). The van der Waals surface area contributed by atoms with Gasteiger partial charge in [0.2, 0.25) is 0 Å². The Labute approximate surface area is 180 Å². The second-order valence-electron chi connectivity index (χ2n) is 8.76. The van der Waals surface area contributed by atoms with E-state index in [-0.39, 0.29) is 17.3 Å². The van der Waals surface area contributed by atoms with Gasteiger partial charge in [0.15, 0.2) is 5.82 Å². The Morgan fingerprint density at radius 2 is 2.06 bits per heavy atom. The lowest BCUT2D eigenvalue weighted by molar-refractivity contribution is 0.274. The molecule has 31 heavy (non-hydrogen) atoms. The van der Waals surface area contributed by atoms with Gasteiger partial charge in [-0.1, -0.05) is 6.07 Å². The molecule has 3 aromatic heterocycles. The third kappa shape index (κ3) is 3.74. The number of aryl methyl sites for hydroxylation is 1. The number of hydrogen-bond acceptors (Lipinski definition) is 6. The normalized spacial score (nSPS) is 20.2. The van der Waals surface area contributed by atoms with E-state index in [1.165, 1.54) is 6.20 Å². The van der Waals surface area contributed by atoms with Crippen molar-refractivity contribution in [1.29, 1.82) is 0 Å². The summed E-state index contributed by atoms with van der Waals surface area (Å²) in [6.07, 6.45) is 5.61. The lowest BCUT2D eigenvalue weighted by Gasteiger charge is -2.44. The number of pyridine rings is 2. The van der Waals surface area contributed by atoms with Crippen molar-refractivity contribution in [3.05, 3.63) is 70.2 Å². The quantitative estimate of drug-likeness (QED) is 0.623. The van der Waals surface area contributed by atoms with E-state index in [9.17, 15) is 9.18 Å². The van der Waals surface area contributed by atoms with Crippen molar-refractivity contribution in [2.24, 2.45) is 13.0 Å². The summed E-state index contributed by atoms with van der Waals surface area (Å²) in [5.41, 5.74) is 2.52. The highest BCUT2D eigenvalue weighted by Gasteiger charge is 2.35. The first kappa shape index (κ1) is 19.9. The number of halogens is 1. The van der Waals surface area contributed by atoms with Gasteiger partial charge >= 0.3 is 0 Å². The molecule has 0 amide bonds. The summed E-state index contributed by atoms with van der Waals surface area (Å²) in [4.78, 5) is 21.3. The summed E-state index contributed by atoms with van der Waals surface area (Å²) in [6.45, 7) is 3.31. The van der Waals surface area contributed by atoms with Crippen LogP contribution in [0.15, 0.2) is 41.7 Å². The summed E-state index contributed by atoms with van der Waals surface area (Å²) in [7, 11) is 3.89. The SMILES string of the molecule is CN(Cc1ccc2n(c1=O)C[C@H]1C[C@@H]2CN(c2ccncc2F)C1)Cc1nncn1C. The third-order valence-corrected chi connectivity index (χ3v) is 6.43. The van der Waals surface area contributed by atoms with E-state index in [0.29, 0.717) is 37.8 Å². The predicted octanol–water partition coefficient (Wildman–Crippen LogP) is 1.77. The van der Waals surface area contributed by atoms with Crippen LogP contribution in [0.4, 0.5) is 10.1 Å². The van der Waals surface area contributed by atoms with Crippen molar-refractivity contribution < 1.29 is 4.39 Å². The van der Waals surface area contributed by atoms with E-state index in [4.69, 9.17) is 0 Å². The van der Waals surface area contributed by atoms with Crippen molar-refractivity contribution in [3.63, 3.8) is 0 Å². The first-order valence-electron chi connectivity index (χ1n) is 10.6. The van der Waals surface area contributed by atoms with Gasteiger partial charge in [-0.05, 0) is 31.5 Å². The zero-order valence-electron chi connectivity index (χ0n) is 17.8. The van der Waals surface area contributed by atoms with E-state index in [1.807, 2.05) is 29.3 Å². The van der Waals surface area contributed by atoms with Crippen LogP contribution in [0.5, 0.6) is 0 Å². The van der Waals surface area contributed by atoms with Crippen LogP contribution in [0.1, 0.15) is 29.4 Å². The Morgan fingerprint density at radius 3 is 2.84 bits per heavy atom. The van der Waals surface area contributed by atoms with Gasteiger partial charge in [0, 0.05) is 56.6 Å². The summed E-state index contributed by atoms with van der Waals surface area (Å²) in [6, 6.07) is 5.77. The van der Waals surface area contributed by atoms with Crippen LogP contribution >= 0.6 is 0 Å². The average Bonchev–Trinajstić information content (AvgIpc) is 3.15. The monoisotopic (exact) mass is 423 g/mol. The fourth-order valence-electron chi connectivity index (χ4n) is 4.97. The highest BCUT2D eigenvalue weighted by Crippen LogP contribution is 2.37. The van der Waals surface area contributed by atoms with E-state index in [1.54, 1.807) is 18.6 Å². The van der Waals surface area contributed by atoms with Crippen molar-refractivity contribution in [2.45, 2.75) is 32.0 Å². The number of rotatable bonds is 5. The Balaban J connectivity index is 1.36. The Kier molecular flexibility index (Phi) is 5.05. The fraction of sp³-hybridized carbons (Fsp3) is 0.455. The van der Waals surface area contributed by atoms with Crippen LogP contribution < -0.4 is 10.5 Å². The smallest absolute Gasteiger partial charge is 0.255 e. The first-order chi connectivity index (χ1) is 15.0. The van der Waals surface area contributed by atoms with Gasteiger partial charge in [-0.15, -0.1) is 10.2 Å². The molecule has 0 N–H and O–H groups in total. The number of aromatic nitrogens is 5. The maximum atomic E-state index is 14.3. The lowest BCUT2D eigenvalue weighted by Crippen LogP contribution is -2.48. The molecule has 162 valence electrons. The summed E-state index contributed by atoms with van der Waals surface area (Å²) in [5, 5.41) is 8.03. The van der Waals surface area contributed by atoms with Gasteiger partial charge in [0.05, 0.1) is 18.4 Å². The van der Waals surface area contributed by atoms with Crippen molar-refractivity contribution in [2.75, 3.05) is 25.0 Å². The molecule has 5 heterocycles. The van der Waals surface area contributed by atoms with E-state index in [2.05, 4.69) is 31.0 Å². The minimum Gasteiger partial charge on any atom is -0.368 e. The van der Waals surface area contributed by atoms with E-state index in [0.717, 1.165) is 30.0 Å². The van der Waals surface area contributed by atoms with Gasteiger partial charge in [-0.2, -0.15) is 0 Å². The molecule has 1 fully saturated rings. The standard InChI is InChI=1S/C22H26FN7O/c1-27(13-21-26-25-14-28(21)2)11-16-3-4-19-17-7-15(10-30(19)22(16)31)9-29(12-17)20-5-6-24-8-18(20)23/h3-6,8,14-15,17H,7,9-13H2,1-2H3/t15-,17+/m0/s1. The van der Waals surface area contributed by atoms with Gasteiger partial charge in [0.25, 0.3) is 5.56 Å². The van der Waals surface area contributed by atoms with Crippen LogP contribution in [0.25, 0.3) is 0 Å². The molecule has 2 aliphatic heterocycles. The van der Waals surface area contributed by atoms with Gasteiger partial charge in [-0.25, -0.2) is 4.39 Å². The largest absolute Gasteiger partial charge is 0.368 e. The number of anilines is 1. The van der Waals surface area contributed by atoms with Crippen LogP contribution in [-0.2, 0) is 26.7 Å². The molecule has 8 nitrogen and oxygen atoms in total. The topological polar surface area (TPSA) is 72.1 Å². The minimum absolute atomic E-state index is 0.0838. The zero-order valence-corrected chi connectivity index (χ0v) is 17.8. The van der Waals surface area contributed by atoms with Crippen molar-refractivity contribution >= 4 is 5.69 Å². The van der Waals surface area contributed by atoms with Gasteiger partial charge in [-0.3, -0.25) is 14.7 Å². The zero-order chi connectivity index (χ0) is 21.5. The Bertz CT molecular complexity index is 1160. The van der Waals surface area contributed by atoms with Crippen molar-refractivity contribution in [1.82, 2.24) is 29.2 Å². The lowest BCUT2D eigenvalue weighted by atomic mass is 9.82. The van der Waals surface area contributed by atoms with E-state index < -0.39 is 0 Å². The average molecular weight is 423 g/mol. The number of hydrogen-bond donors (Lipinski definition) is 0.